The van der Waals surface area contributed by atoms with Gasteiger partial charge < -0.3 is 10.6 Å². The third-order valence-corrected chi connectivity index (χ3v) is 7.62. The highest BCUT2D eigenvalue weighted by Gasteiger charge is 2.34. The van der Waals surface area contributed by atoms with Crippen LogP contribution in [0.15, 0.2) is 89.2 Å². The first-order chi connectivity index (χ1) is 17.9. The number of fused-ring (bicyclic) bond motifs is 1. The molecule has 2 heterocycles. The average molecular weight is 530 g/mol. The number of nitrogens with zero attached hydrogens (tertiary/aromatic N) is 3. The van der Waals surface area contributed by atoms with Gasteiger partial charge in [-0.05, 0) is 60.7 Å². The van der Waals surface area contributed by atoms with Crippen LogP contribution < -0.4 is 10.6 Å². The zero-order valence-corrected chi connectivity index (χ0v) is 22.5. The molecule has 0 radical (unpaired) electrons. The standard InChI is InChI=1S/C29H28ClN5OS/c1-4-20-9-13-22(14-10-20)26-25(27(36)32-24-8-6-5-7-18(24)2)19(3)31-28-33-29(34-35(26)28)37-17-21-11-15-23(30)16-12-21/h5-16,26H,4,17H2,1-3H3,(H,32,36)(H,31,33,34)/t26-/m1/s1. The van der Waals surface area contributed by atoms with E-state index < -0.39 is 6.04 Å². The van der Waals surface area contributed by atoms with Crippen molar-refractivity contribution in [1.82, 2.24) is 14.8 Å². The van der Waals surface area contributed by atoms with Crippen molar-refractivity contribution in [3.8, 4) is 0 Å². The normalized spacial score (nSPS) is 14.8. The summed E-state index contributed by atoms with van der Waals surface area (Å²) >= 11 is 7.57. The number of hydrogen-bond donors (Lipinski definition) is 2. The molecule has 0 aliphatic carbocycles. The van der Waals surface area contributed by atoms with Gasteiger partial charge in [-0.15, -0.1) is 5.10 Å². The van der Waals surface area contributed by atoms with Crippen LogP contribution in [0.5, 0.6) is 0 Å². The Morgan fingerprint density at radius 3 is 2.43 bits per heavy atom. The number of nitrogens with one attached hydrogen (secondary N) is 2. The van der Waals surface area contributed by atoms with Crippen LogP contribution in [0.3, 0.4) is 0 Å². The van der Waals surface area contributed by atoms with E-state index in [1.807, 2.05) is 67.1 Å². The fourth-order valence-electron chi connectivity index (χ4n) is 4.36. The van der Waals surface area contributed by atoms with Crippen molar-refractivity contribution in [2.45, 2.75) is 44.1 Å². The molecule has 0 spiro atoms. The van der Waals surface area contributed by atoms with Crippen LogP contribution in [0, 0.1) is 6.92 Å². The Morgan fingerprint density at radius 2 is 1.73 bits per heavy atom. The number of thioether (sulfide) groups is 1. The van der Waals surface area contributed by atoms with Gasteiger partial charge in [-0.2, -0.15) is 4.98 Å². The van der Waals surface area contributed by atoms with E-state index in [0.29, 0.717) is 27.5 Å². The Kier molecular flexibility index (Phi) is 7.35. The van der Waals surface area contributed by atoms with Gasteiger partial charge in [0.2, 0.25) is 11.1 Å². The molecule has 1 aliphatic rings. The number of amides is 1. The fraction of sp³-hybridized carbons (Fsp3) is 0.207. The van der Waals surface area contributed by atoms with Crippen molar-refractivity contribution >= 4 is 40.9 Å². The van der Waals surface area contributed by atoms with Gasteiger partial charge in [-0.3, -0.25) is 4.79 Å². The zero-order chi connectivity index (χ0) is 25.9. The largest absolute Gasteiger partial charge is 0.328 e. The Bertz CT molecular complexity index is 1460. The van der Waals surface area contributed by atoms with E-state index in [-0.39, 0.29) is 5.91 Å². The molecule has 1 aliphatic heterocycles. The molecule has 1 aromatic heterocycles. The minimum absolute atomic E-state index is 0.166. The Hall–Kier alpha value is -3.55. The Morgan fingerprint density at radius 1 is 1.03 bits per heavy atom. The van der Waals surface area contributed by atoms with Crippen molar-refractivity contribution in [1.29, 1.82) is 0 Å². The summed E-state index contributed by atoms with van der Waals surface area (Å²) in [6, 6.07) is 23.5. The minimum Gasteiger partial charge on any atom is -0.328 e. The molecule has 3 aromatic carbocycles. The van der Waals surface area contributed by atoms with Gasteiger partial charge in [-0.25, -0.2) is 4.68 Å². The number of carbonyl (C=O) groups excluding carboxylic acids is 1. The molecule has 2 N–H and O–H groups in total. The topological polar surface area (TPSA) is 71.8 Å². The molecule has 0 saturated carbocycles. The van der Waals surface area contributed by atoms with Gasteiger partial charge in [0.25, 0.3) is 5.91 Å². The third kappa shape index (κ3) is 5.43. The van der Waals surface area contributed by atoms with Crippen molar-refractivity contribution in [3.05, 3.63) is 111 Å². The van der Waals surface area contributed by atoms with E-state index in [9.17, 15) is 4.79 Å². The van der Waals surface area contributed by atoms with Crippen molar-refractivity contribution < 1.29 is 4.79 Å². The van der Waals surface area contributed by atoms with E-state index in [4.69, 9.17) is 21.7 Å². The summed E-state index contributed by atoms with van der Waals surface area (Å²) in [5.74, 6) is 1.16. The van der Waals surface area contributed by atoms with Crippen LogP contribution in [-0.4, -0.2) is 20.7 Å². The van der Waals surface area contributed by atoms with E-state index in [2.05, 4.69) is 41.8 Å². The Labute approximate surface area is 226 Å². The Balaban J connectivity index is 1.49. The maximum atomic E-state index is 13.7. The molecule has 37 heavy (non-hydrogen) atoms. The van der Waals surface area contributed by atoms with Crippen molar-refractivity contribution in [2.24, 2.45) is 0 Å². The predicted molar refractivity (Wildman–Crippen MR) is 151 cm³/mol. The van der Waals surface area contributed by atoms with Gasteiger partial charge in [0.05, 0.1) is 5.57 Å². The summed E-state index contributed by atoms with van der Waals surface area (Å²) in [4.78, 5) is 18.5. The van der Waals surface area contributed by atoms with Crippen LogP contribution in [0.4, 0.5) is 11.6 Å². The summed E-state index contributed by atoms with van der Waals surface area (Å²) in [6.45, 7) is 6.03. The summed E-state index contributed by atoms with van der Waals surface area (Å²) in [5.41, 5.74) is 6.51. The maximum Gasteiger partial charge on any atom is 0.255 e. The molecule has 188 valence electrons. The second-order valence-electron chi connectivity index (χ2n) is 9.01. The van der Waals surface area contributed by atoms with Crippen molar-refractivity contribution in [2.75, 3.05) is 10.6 Å². The number of rotatable bonds is 7. The molecule has 8 heteroatoms. The van der Waals surface area contributed by atoms with Gasteiger partial charge in [0.1, 0.15) is 6.04 Å². The quantitative estimate of drug-likeness (QED) is 0.252. The van der Waals surface area contributed by atoms with Gasteiger partial charge in [0, 0.05) is 22.2 Å². The van der Waals surface area contributed by atoms with Crippen LogP contribution in [0.25, 0.3) is 0 Å². The lowest BCUT2D eigenvalue weighted by atomic mass is 9.94. The van der Waals surface area contributed by atoms with Gasteiger partial charge >= 0.3 is 0 Å². The molecule has 1 amide bonds. The third-order valence-electron chi connectivity index (χ3n) is 6.46. The van der Waals surface area contributed by atoms with E-state index >= 15 is 0 Å². The van der Waals surface area contributed by atoms with Crippen LogP contribution in [0.2, 0.25) is 5.02 Å². The molecule has 0 bridgehead atoms. The number of aryl methyl sites for hydroxylation is 2. The second kappa shape index (κ2) is 10.8. The smallest absolute Gasteiger partial charge is 0.255 e. The molecule has 0 saturated heterocycles. The number of allylic oxidation sites excluding steroid dienone is 1. The van der Waals surface area contributed by atoms with Crippen molar-refractivity contribution in [3.63, 3.8) is 0 Å². The number of halogens is 1. The monoisotopic (exact) mass is 529 g/mol. The number of benzene rings is 3. The second-order valence-corrected chi connectivity index (χ2v) is 10.4. The highest BCUT2D eigenvalue weighted by atomic mass is 35.5. The van der Waals surface area contributed by atoms with Crippen LogP contribution in [-0.2, 0) is 17.0 Å². The summed E-state index contributed by atoms with van der Waals surface area (Å²) in [7, 11) is 0. The first-order valence-electron chi connectivity index (χ1n) is 12.2. The lowest BCUT2D eigenvalue weighted by molar-refractivity contribution is -0.113. The SMILES string of the molecule is CCc1ccc([C@@H]2C(C(=O)Nc3ccccc3C)=C(C)Nc3nc(SCc4ccc(Cl)cc4)nn32)cc1. The molecular formula is C29H28ClN5OS. The fourth-order valence-corrected chi connectivity index (χ4v) is 5.27. The zero-order valence-electron chi connectivity index (χ0n) is 21.0. The number of hydrogen-bond acceptors (Lipinski definition) is 5. The predicted octanol–water partition coefficient (Wildman–Crippen LogP) is 7.02. The number of carbonyl (C=O) groups is 1. The summed E-state index contributed by atoms with van der Waals surface area (Å²) < 4.78 is 1.82. The highest BCUT2D eigenvalue weighted by molar-refractivity contribution is 7.98. The first-order valence-corrected chi connectivity index (χ1v) is 13.6. The van der Waals surface area contributed by atoms with Crippen LogP contribution >= 0.6 is 23.4 Å². The summed E-state index contributed by atoms with van der Waals surface area (Å²) in [5, 5.41) is 12.6. The lowest BCUT2D eigenvalue weighted by Crippen LogP contribution is -2.31. The number of anilines is 2. The molecule has 6 nitrogen and oxygen atoms in total. The molecule has 1 atom stereocenters. The van der Waals surface area contributed by atoms with Gasteiger partial charge in [-0.1, -0.05) is 84.9 Å². The van der Waals surface area contributed by atoms with Crippen LogP contribution in [0.1, 0.15) is 42.1 Å². The number of para-hydroxylation sites is 1. The van der Waals surface area contributed by atoms with E-state index in [1.54, 1.807) is 11.8 Å². The summed E-state index contributed by atoms with van der Waals surface area (Å²) in [6.07, 6.45) is 0.946. The molecule has 5 rings (SSSR count). The molecule has 4 aromatic rings. The molecule has 0 fully saturated rings. The van der Waals surface area contributed by atoms with E-state index in [1.165, 1.54) is 5.56 Å². The average Bonchev–Trinajstić information content (AvgIpc) is 3.31. The van der Waals surface area contributed by atoms with Gasteiger partial charge in [0.15, 0.2) is 0 Å². The number of aromatic nitrogens is 3. The first kappa shape index (κ1) is 25.1. The lowest BCUT2D eigenvalue weighted by Gasteiger charge is -2.29. The minimum atomic E-state index is -0.413. The highest BCUT2D eigenvalue weighted by Crippen LogP contribution is 2.37. The maximum absolute atomic E-state index is 13.7. The molecule has 0 unspecified atom stereocenters. The molecular weight excluding hydrogens is 502 g/mol. The van der Waals surface area contributed by atoms with E-state index in [0.717, 1.165) is 34.5 Å².